The summed E-state index contributed by atoms with van der Waals surface area (Å²) < 4.78 is 84.8. The Labute approximate surface area is 274 Å². The van der Waals surface area contributed by atoms with Crippen LogP contribution in [0.3, 0.4) is 0 Å². The van der Waals surface area contributed by atoms with Gasteiger partial charge in [0.05, 0.1) is 12.3 Å². The first-order valence-corrected chi connectivity index (χ1v) is 14.7. The van der Waals surface area contributed by atoms with Gasteiger partial charge in [-0.05, 0) is 90.3 Å². The molecule has 1 nitrogen and oxygen atoms in total. The van der Waals surface area contributed by atoms with Gasteiger partial charge in [0, 0.05) is 10.8 Å². The van der Waals surface area contributed by atoms with Crippen molar-refractivity contribution in [3.63, 3.8) is 0 Å². The average Bonchev–Trinajstić information content (AvgIpc) is 3.58. The van der Waals surface area contributed by atoms with Crippen molar-refractivity contribution in [2.75, 3.05) is 0 Å². The van der Waals surface area contributed by atoms with E-state index in [2.05, 4.69) is 30.3 Å². The fraction of sp³-hybridized carbons (Fsp3) is 0. The van der Waals surface area contributed by atoms with E-state index in [-0.39, 0.29) is 28.8 Å². The number of furan rings is 1. The third-order valence-electron chi connectivity index (χ3n) is 8.43. The molecule has 210 valence electrons. The zero-order valence-corrected chi connectivity index (χ0v) is 23.9. The van der Waals surface area contributed by atoms with Crippen LogP contribution in [0, 0.1) is 0 Å². The molecule has 1 aromatic heterocycles. The van der Waals surface area contributed by atoms with Crippen LogP contribution in [-0.2, 0) is 0 Å². The summed E-state index contributed by atoms with van der Waals surface area (Å²) in [5.41, 5.74) is 5.36. The van der Waals surface area contributed by atoms with Crippen molar-refractivity contribution in [1.82, 2.24) is 0 Å². The summed E-state index contributed by atoms with van der Waals surface area (Å²) in [6.45, 7) is 0. The Hall–Kier alpha value is -5.92. The Balaban J connectivity index is 1.34. The number of fused-ring (bicyclic) bond motifs is 5. The van der Waals surface area contributed by atoms with Crippen molar-refractivity contribution >= 4 is 43.5 Å². The lowest BCUT2D eigenvalue weighted by molar-refractivity contribution is 0.669. The minimum absolute atomic E-state index is 0.0398. The third-order valence-corrected chi connectivity index (χ3v) is 8.43. The van der Waals surface area contributed by atoms with Crippen LogP contribution in [0.1, 0.15) is 12.3 Å². The lowest BCUT2D eigenvalue weighted by atomic mass is 9.85. The third kappa shape index (κ3) is 4.17. The van der Waals surface area contributed by atoms with E-state index in [0.717, 1.165) is 55.0 Å². The van der Waals surface area contributed by atoms with Crippen molar-refractivity contribution in [1.29, 1.82) is 0 Å². The maximum Gasteiger partial charge on any atom is 0.136 e. The van der Waals surface area contributed by atoms with Crippen LogP contribution >= 0.6 is 0 Å². The van der Waals surface area contributed by atoms with Crippen molar-refractivity contribution in [2.24, 2.45) is 0 Å². The van der Waals surface area contributed by atoms with Crippen LogP contribution in [0.5, 0.6) is 0 Å². The molecule has 0 fully saturated rings. The average molecular weight is 582 g/mol. The summed E-state index contributed by atoms with van der Waals surface area (Å²) in [5, 5.41) is 5.02. The van der Waals surface area contributed by atoms with Gasteiger partial charge in [-0.15, -0.1) is 0 Å². The molecule has 1 heteroatoms. The van der Waals surface area contributed by atoms with Gasteiger partial charge in [-0.25, -0.2) is 0 Å². The molecule has 45 heavy (non-hydrogen) atoms. The quantitative estimate of drug-likeness (QED) is 0.188. The molecule has 0 amide bonds. The monoisotopic (exact) mass is 581 g/mol. The molecule has 0 aliphatic carbocycles. The molecule has 9 aromatic rings. The molecule has 0 unspecified atom stereocenters. The minimum Gasteiger partial charge on any atom is -0.456 e. The highest BCUT2D eigenvalue weighted by Gasteiger charge is 2.19. The van der Waals surface area contributed by atoms with Crippen LogP contribution < -0.4 is 0 Å². The summed E-state index contributed by atoms with van der Waals surface area (Å²) in [7, 11) is 0. The number of benzene rings is 8. The molecule has 0 saturated carbocycles. The minimum atomic E-state index is -0.606. The molecular weight excluding hydrogens is 544 g/mol. The summed E-state index contributed by atoms with van der Waals surface area (Å²) >= 11 is 0. The fourth-order valence-corrected chi connectivity index (χ4v) is 6.52. The largest absolute Gasteiger partial charge is 0.456 e. The summed E-state index contributed by atoms with van der Waals surface area (Å²) in [6, 6.07) is 33.0. The van der Waals surface area contributed by atoms with Gasteiger partial charge in [-0.2, -0.15) is 0 Å². The van der Waals surface area contributed by atoms with Crippen molar-refractivity contribution in [3.05, 3.63) is 170 Å². The Morgan fingerprint density at radius 2 is 1.02 bits per heavy atom. The van der Waals surface area contributed by atoms with Crippen molar-refractivity contribution in [3.8, 4) is 44.5 Å². The molecule has 0 bridgehead atoms. The topological polar surface area (TPSA) is 13.1 Å². The van der Waals surface area contributed by atoms with Gasteiger partial charge < -0.3 is 4.42 Å². The van der Waals surface area contributed by atoms with E-state index >= 15 is 0 Å². The molecule has 0 aliphatic rings. The van der Waals surface area contributed by atoms with Gasteiger partial charge in [0.25, 0.3) is 0 Å². The first-order valence-electron chi connectivity index (χ1n) is 19.2. The van der Waals surface area contributed by atoms with Crippen LogP contribution in [0.4, 0.5) is 0 Å². The molecule has 0 aliphatic heterocycles. The van der Waals surface area contributed by atoms with Gasteiger partial charge >= 0.3 is 0 Å². The van der Waals surface area contributed by atoms with E-state index in [9.17, 15) is 1.37 Å². The SMILES string of the molecule is [2H]c1c([2H])c([2H])c(-c2c([2H])c([2H])c([2H])c(-c3c4ccccc4c(-c4ccc5c(c4)oc4cccc(-c6ccccc6)c45)c4ccccc34)c2[2H])c([2H])c1[2H]. The predicted octanol–water partition coefficient (Wildman–Crippen LogP) is 12.6. The zero-order valence-electron chi connectivity index (χ0n) is 32.9. The van der Waals surface area contributed by atoms with E-state index in [4.69, 9.17) is 15.4 Å². The first-order chi connectivity index (χ1) is 26.1. The second-order valence-electron chi connectivity index (χ2n) is 10.9. The van der Waals surface area contributed by atoms with Gasteiger partial charge in [-0.1, -0.05) is 145 Å². The van der Waals surface area contributed by atoms with Gasteiger partial charge in [0.1, 0.15) is 11.2 Å². The predicted molar refractivity (Wildman–Crippen MR) is 190 cm³/mol. The van der Waals surface area contributed by atoms with E-state index in [0.29, 0.717) is 16.3 Å². The Bertz CT molecular complexity index is 2960. The smallest absolute Gasteiger partial charge is 0.136 e. The van der Waals surface area contributed by atoms with Crippen LogP contribution in [0.25, 0.3) is 88.0 Å². The van der Waals surface area contributed by atoms with Gasteiger partial charge in [-0.3, -0.25) is 0 Å². The fourth-order valence-electron chi connectivity index (χ4n) is 6.52. The molecule has 0 radical (unpaired) electrons. The van der Waals surface area contributed by atoms with Crippen LogP contribution in [-0.4, -0.2) is 0 Å². The second kappa shape index (κ2) is 10.4. The molecule has 0 spiro atoms. The van der Waals surface area contributed by atoms with Gasteiger partial charge in [0.15, 0.2) is 0 Å². The Kier molecular flexibility index (Phi) is 4.15. The molecule has 0 N–H and O–H groups in total. The van der Waals surface area contributed by atoms with E-state index in [1.165, 1.54) is 0 Å². The molecule has 0 atom stereocenters. The number of hydrogen-bond donors (Lipinski definition) is 0. The van der Waals surface area contributed by atoms with E-state index < -0.39 is 42.3 Å². The highest BCUT2D eigenvalue weighted by molar-refractivity contribution is 6.22. The van der Waals surface area contributed by atoms with Crippen molar-refractivity contribution in [2.45, 2.75) is 0 Å². The van der Waals surface area contributed by atoms with Gasteiger partial charge in [0.2, 0.25) is 0 Å². The molecule has 1 heterocycles. The van der Waals surface area contributed by atoms with Crippen LogP contribution in [0.15, 0.2) is 174 Å². The van der Waals surface area contributed by atoms with E-state index in [1.54, 1.807) is 0 Å². The zero-order chi connectivity index (χ0) is 37.6. The molecule has 0 saturated heterocycles. The molecule has 9 rings (SSSR count). The summed E-state index contributed by atoms with van der Waals surface area (Å²) in [4.78, 5) is 0. The van der Waals surface area contributed by atoms with E-state index in [1.807, 2.05) is 84.9 Å². The highest BCUT2D eigenvalue weighted by Crippen LogP contribution is 2.45. The second-order valence-corrected chi connectivity index (χ2v) is 10.9. The Morgan fingerprint density at radius 3 is 1.73 bits per heavy atom. The summed E-state index contributed by atoms with van der Waals surface area (Å²) in [6.07, 6.45) is 0. The summed E-state index contributed by atoms with van der Waals surface area (Å²) in [5.74, 6) is 0. The first kappa shape index (κ1) is 18.0. The lowest BCUT2D eigenvalue weighted by Crippen LogP contribution is -1.91. The highest BCUT2D eigenvalue weighted by atomic mass is 16.3. The number of hydrogen-bond acceptors (Lipinski definition) is 1. The number of rotatable bonds is 4. The maximum atomic E-state index is 9.51. The molecule has 8 aromatic carbocycles. The molecular formula is C44H28O. The standard InChI is InChI=1S/C44H28O/c1-3-13-29(14-4-1)31-17-11-18-32(27-31)42-35-19-7-9-21-37(35)43(38-22-10-8-20-36(38)42)33-25-26-39-41(28-33)45-40-24-12-23-34(44(39)40)30-15-5-2-6-16-30/h1-28H/i1D,3D,4D,11D,13D,14D,17D,18D,27D. The van der Waals surface area contributed by atoms with Crippen molar-refractivity contribution < 1.29 is 16.8 Å². The normalized spacial score (nSPS) is 14.4. The van der Waals surface area contributed by atoms with Crippen LogP contribution in [0.2, 0.25) is 0 Å². The lowest BCUT2D eigenvalue weighted by Gasteiger charge is -2.18. The Morgan fingerprint density at radius 1 is 0.400 bits per heavy atom. The maximum absolute atomic E-state index is 9.51.